The molecule has 1 fully saturated rings. The molecule has 0 amide bonds. The minimum atomic E-state index is 0.238. The second-order valence-electron chi connectivity index (χ2n) is 3.13. The van der Waals surface area contributed by atoms with E-state index in [1.165, 1.54) is 12.0 Å². The second kappa shape index (κ2) is 2.40. The first-order valence-electron chi connectivity index (χ1n) is 3.77. The lowest BCUT2D eigenvalue weighted by Gasteiger charge is -2.13. The summed E-state index contributed by atoms with van der Waals surface area (Å²) in [5.41, 5.74) is 1.22. The van der Waals surface area contributed by atoms with Crippen LogP contribution in [0.4, 0.5) is 0 Å². The summed E-state index contributed by atoms with van der Waals surface area (Å²) < 4.78 is 0. The van der Waals surface area contributed by atoms with E-state index in [-0.39, 0.29) is 6.04 Å². The van der Waals surface area contributed by atoms with Crippen molar-refractivity contribution in [1.29, 1.82) is 0 Å². The van der Waals surface area contributed by atoms with Gasteiger partial charge in [0.15, 0.2) is 0 Å². The molecule has 1 nitrogen and oxygen atoms in total. The molecule has 0 aliphatic heterocycles. The molecule has 11 heavy (non-hydrogen) atoms. The van der Waals surface area contributed by atoms with Crippen molar-refractivity contribution in [2.45, 2.75) is 12.5 Å². The Morgan fingerprint density at radius 3 is 3.00 bits per heavy atom. The molecule has 2 heteroatoms. The summed E-state index contributed by atoms with van der Waals surface area (Å²) in [6.07, 6.45) is 5.63. The predicted octanol–water partition coefficient (Wildman–Crippen LogP) is 2.22. The van der Waals surface area contributed by atoms with Crippen LogP contribution in [-0.4, -0.2) is 11.2 Å². The smallest absolute Gasteiger partial charge is 0.0878 e. The first kappa shape index (κ1) is 6.96. The average Bonchev–Trinajstić information content (AvgIpc) is 2.54. The lowest BCUT2D eigenvalue weighted by molar-refractivity contribution is 0.626. The van der Waals surface area contributed by atoms with Gasteiger partial charge in [0.05, 0.1) is 11.2 Å². The zero-order valence-corrected chi connectivity index (χ0v) is 6.97. The van der Waals surface area contributed by atoms with Crippen LogP contribution in [0.2, 0.25) is 0 Å². The van der Waals surface area contributed by atoms with Gasteiger partial charge in [-0.2, -0.15) is 0 Å². The number of rotatable bonds is 1. The highest BCUT2D eigenvalue weighted by Crippen LogP contribution is 2.43. The van der Waals surface area contributed by atoms with Gasteiger partial charge in [0.25, 0.3) is 0 Å². The molecule has 56 valence electrons. The van der Waals surface area contributed by atoms with Gasteiger partial charge in [0.1, 0.15) is 0 Å². The number of isothiocyanates is 1. The zero-order valence-electron chi connectivity index (χ0n) is 6.16. The van der Waals surface area contributed by atoms with Gasteiger partial charge < -0.3 is 0 Å². The maximum absolute atomic E-state index is 4.58. The lowest BCUT2D eigenvalue weighted by atomic mass is 9.98. The first-order chi connectivity index (χ1) is 5.33. The third-order valence-electron chi connectivity index (χ3n) is 2.57. The summed E-state index contributed by atoms with van der Waals surface area (Å²) in [4.78, 5) is 4.10. The molecule has 0 N–H and O–H groups in total. The van der Waals surface area contributed by atoms with E-state index >= 15 is 0 Å². The van der Waals surface area contributed by atoms with E-state index < -0.39 is 0 Å². The number of fused-ring (bicyclic) bond motifs is 2. The Balaban J connectivity index is 2.31. The first-order valence-corrected chi connectivity index (χ1v) is 4.17. The van der Waals surface area contributed by atoms with Gasteiger partial charge in [0, 0.05) is 11.8 Å². The Labute approximate surface area is 71.5 Å². The van der Waals surface area contributed by atoms with Crippen molar-refractivity contribution in [3.63, 3.8) is 0 Å². The number of hydrogen-bond acceptors (Lipinski definition) is 2. The molecule has 2 aliphatic rings. The van der Waals surface area contributed by atoms with Crippen LogP contribution < -0.4 is 0 Å². The molecule has 2 aliphatic carbocycles. The summed E-state index contributed by atoms with van der Waals surface area (Å²) in [5, 5.41) is 2.44. The standard InChI is InChI=1S/C9H9NS/c1-6-7-2-3-8(4-7)9(6)10-5-11/h2-3,7-9H,1,4H2. The molecule has 0 spiro atoms. The normalized spacial score (nSPS) is 39.3. The molecule has 2 bridgehead atoms. The van der Waals surface area contributed by atoms with Gasteiger partial charge in [-0.15, -0.1) is 0 Å². The van der Waals surface area contributed by atoms with Gasteiger partial charge in [-0.3, -0.25) is 0 Å². The van der Waals surface area contributed by atoms with E-state index in [0.29, 0.717) is 11.8 Å². The largest absolute Gasteiger partial charge is 0.224 e. The second-order valence-corrected chi connectivity index (χ2v) is 3.31. The van der Waals surface area contributed by atoms with Crippen LogP contribution in [0.1, 0.15) is 6.42 Å². The molecule has 2 rings (SSSR count). The number of allylic oxidation sites excluding steroid dienone is 1. The fourth-order valence-electron chi connectivity index (χ4n) is 1.97. The topological polar surface area (TPSA) is 12.4 Å². The SMILES string of the molecule is C=C1C2C=CC(C2)C1N=C=S. The van der Waals surface area contributed by atoms with E-state index in [0.717, 1.165) is 0 Å². The van der Waals surface area contributed by atoms with Crippen LogP contribution in [0.15, 0.2) is 29.3 Å². The van der Waals surface area contributed by atoms with E-state index in [1.54, 1.807) is 0 Å². The van der Waals surface area contributed by atoms with E-state index in [1.807, 2.05) is 0 Å². The van der Waals surface area contributed by atoms with Crippen molar-refractivity contribution in [3.8, 4) is 0 Å². The summed E-state index contributed by atoms with van der Waals surface area (Å²) in [6.45, 7) is 4.01. The molecule has 0 aromatic heterocycles. The zero-order chi connectivity index (χ0) is 7.84. The summed E-state index contributed by atoms with van der Waals surface area (Å²) in [6, 6.07) is 0.238. The molecular formula is C9H9NS. The van der Waals surface area contributed by atoms with Crippen LogP contribution in [0, 0.1) is 11.8 Å². The molecule has 1 saturated carbocycles. The summed E-state index contributed by atoms with van der Waals surface area (Å²) >= 11 is 4.58. The van der Waals surface area contributed by atoms with Crippen molar-refractivity contribution >= 4 is 17.4 Å². The third kappa shape index (κ3) is 0.907. The Morgan fingerprint density at radius 1 is 1.64 bits per heavy atom. The molecule has 3 atom stereocenters. The van der Waals surface area contributed by atoms with E-state index in [4.69, 9.17) is 0 Å². The third-order valence-corrected chi connectivity index (χ3v) is 2.68. The average molecular weight is 163 g/mol. The van der Waals surface area contributed by atoms with Crippen molar-refractivity contribution in [3.05, 3.63) is 24.3 Å². The fourth-order valence-corrected chi connectivity index (χ4v) is 2.08. The van der Waals surface area contributed by atoms with Gasteiger partial charge in [-0.25, -0.2) is 4.99 Å². The fraction of sp³-hybridized carbons (Fsp3) is 0.444. The van der Waals surface area contributed by atoms with Crippen LogP contribution in [0.3, 0.4) is 0 Å². The quantitative estimate of drug-likeness (QED) is 0.328. The monoisotopic (exact) mass is 163 g/mol. The molecular weight excluding hydrogens is 154 g/mol. The molecule has 0 aromatic rings. The molecule has 0 radical (unpaired) electrons. The van der Waals surface area contributed by atoms with Crippen LogP contribution in [0.25, 0.3) is 0 Å². The Hall–Kier alpha value is -0.720. The molecule has 0 heterocycles. The highest BCUT2D eigenvalue weighted by molar-refractivity contribution is 7.78. The van der Waals surface area contributed by atoms with Crippen LogP contribution in [0.5, 0.6) is 0 Å². The number of thiocarbonyl (C=S) groups is 1. The van der Waals surface area contributed by atoms with Gasteiger partial charge in [-0.05, 0) is 24.2 Å². The van der Waals surface area contributed by atoms with Gasteiger partial charge in [-0.1, -0.05) is 18.7 Å². The number of aliphatic imine (C=N–C) groups is 1. The highest BCUT2D eigenvalue weighted by atomic mass is 32.1. The maximum Gasteiger partial charge on any atom is 0.0878 e. The number of nitrogens with zero attached hydrogens (tertiary/aromatic N) is 1. The highest BCUT2D eigenvalue weighted by Gasteiger charge is 2.38. The van der Waals surface area contributed by atoms with Gasteiger partial charge >= 0.3 is 0 Å². The Bertz CT molecular complexity index is 273. The Morgan fingerprint density at radius 2 is 2.45 bits per heavy atom. The van der Waals surface area contributed by atoms with Crippen LogP contribution in [-0.2, 0) is 0 Å². The maximum atomic E-state index is 4.58. The molecule has 0 saturated heterocycles. The van der Waals surface area contributed by atoms with Crippen molar-refractivity contribution in [1.82, 2.24) is 0 Å². The van der Waals surface area contributed by atoms with E-state index in [9.17, 15) is 0 Å². The minimum Gasteiger partial charge on any atom is -0.224 e. The Kier molecular flexibility index (Phi) is 1.52. The van der Waals surface area contributed by atoms with Gasteiger partial charge in [0.2, 0.25) is 0 Å². The minimum absolute atomic E-state index is 0.238. The number of hydrogen-bond donors (Lipinski definition) is 0. The van der Waals surface area contributed by atoms with Crippen molar-refractivity contribution < 1.29 is 0 Å². The molecule has 0 aromatic carbocycles. The summed E-state index contributed by atoms with van der Waals surface area (Å²) in [5.74, 6) is 1.13. The summed E-state index contributed by atoms with van der Waals surface area (Å²) in [7, 11) is 0. The lowest BCUT2D eigenvalue weighted by Crippen LogP contribution is -2.12. The van der Waals surface area contributed by atoms with E-state index in [2.05, 4.69) is 41.1 Å². The molecule has 3 unspecified atom stereocenters. The van der Waals surface area contributed by atoms with Crippen LogP contribution >= 0.6 is 12.2 Å². The van der Waals surface area contributed by atoms with Crippen molar-refractivity contribution in [2.24, 2.45) is 16.8 Å². The predicted molar refractivity (Wildman–Crippen MR) is 48.7 cm³/mol. The van der Waals surface area contributed by atoms with Crippen molar-refractivity contribution in [2.75, 3.05) is 0 Å².